The Morgan fingerprint density at radius 1 is 0.571 bits per heavy atom. The maximum atomic E-state index is 6.78. The molecule has 4 nitrogen and oxygen atoms in total. The van der Waals surface area contributed by atoms with Gasteiger partial charge in [0.25, 0.3) is 0 Å². The number of hydrogen-bond acceptors (Lipinski definition) is 2. The lowest BCUT2D eigenvalue weighted by molar-refractivity contribution is -0.593. The molecule has 0 unspecified atom stereocenters. The highest BCUT2D eigenvalue weighted by Crippen LogP contribution is 2.38. The second kappa shape index (κ2) is 7.36. The van der Waals surface area contributed by atoms with Gasteiger partial charge in [-0.25, -0.2) is 0 Å². The van der Waals surface area contributed by atoms with Crippen LogP contribution in [-0.2, 0) is 9.47 Å². The summed E-state index contributed by atoms with van der Waals surface area (Å²) in [5.74, 6) is 2.08. The molecule has 0 saturated carbocycles. The molecule has 3 heterocycles. The Morgan fingerprint density at radius 2 is 0.914 bits per heavy atom. The van der Waals surface area contributed by atoms with Gasteiger partial charge in [0.15, 0.2) is 0 Å². The Morgan fingerprint density at radius 3 is 1.29 bits per heavy atom. The molecule has 0 radical (unpaired) electrons. The lowest BCUT2D eigenvalue weighted by Gasteiger charge is -2.49. The fourth-order valence-corrected chi connectivity index (χ4v) is 7.22. The van der Waals surface area contributed by atoms with Gasteiger partial charge in [-0.1, -0.05) is 102 Å². The van der Waals surface area contributed by atoms with E-state index in [4.69, 9.17) is 9.47 Å². The van der Waals surface area contributed by atoms with Crippen LogP contribution < -0.4 is 16.4 Å². The zero-order valence-electron chi connectivity index (χ0n) is 21.4. The van der Waals surface area contributed by atoms with Crippen LogP contribution in [0.4, 0.5) is 0 Å². The maximum absolute atomic E-state index is 6.78. The van der Waals surface area contributed by atoms with Gasteiger partial charge in [-0.05, 0) is 27.7 Å². The van der Waals surface area contributed by atoms with Gasteiger partial charge in [0.1, 0.15) is 35.9 Å². The fraction of sp³-hybridized carbons (Fsp3) is 0.310. The summed E-state index contributed by atoms with van der Waals surface area (Å²) >= 11 is 0. The molecular weight excluding hydrogens is 430 g/mol. The summed E-state index contributed by atoms with van der Waals surface area (Å²) in [6.45, 7) is 12.9. The van der Waals surface area contributed by atoms with E-state index in [9.17, 15) is 0 Å². The van der Waals surface area contributed by atoms with Crippen molar-refractivity contribution >= 4 is 40.5 Å². The van der Waals surface area contributed by atoms with Crippen LogP contribution in [0.15, 0.2) is 91.0 Å². The van der Waals surface area contributed by atoms with E-state index in [2.05, 4.69) is 134 Å². The van der Waals surface area contributed by atoms with Crippen LogP contribution in [0.2, 0.25) is 6.82 Å². The van der Waals surface area contributed by atoms with Crippen molar-refractivity contribution in [1.82, 2.24) is 0 Å². The molecule has 0 aromatic heterocycles. The van der Waals surface area contributed by atoms with Gasteiger partial charge in [0, 0.05) is 0 Å². The lowest BCUT2D eigenvalue weighted by atomic mass is 9.19. The summed E-state index contributed by atoms with van der Waals surface area (Å²) in [5.41, 5.74) is 3.35. The Labute approximate surface area is 208 Å². The second-order valence-corrected chi connectivity index (χ2v) is 11.9. The summed E-state index contributed by atoms with van der Waals surface area (Å²) in [5, 5.41) is 0. The molecule has 0 spiro atoms. The molecule has 3 aromatic carbocycles. The quantitative estimate of drug-likeness (QED) is 0.558. The molecule has 0 N–H and O–H groups in total. The van der Waals surface area contributed by atoms with E-state index in [-0.39, 0.29) is 11.1 Å². The van der Waals surface area contributed by atoms with E-state index in [1.807, 2.05) is 0 Å². The minimum Gasteiger partial charge on any atom is -0.478 e. The van der Waals surface area contributed by atoms with E-state index in [0.717, 1.165) is 11.6 Å². The van der Waals surface area contributed by atoms with Gasteiger partial charge in [-0.15, -0.1) is 0 Å². The highest BCUT2D eigenvalue weighted by Gasteiger charge is 2.71. The van der Waals surface area contributed by atoms with Crippen molar-refractivity contribution < 1.29 is 18.4 Å². The van der Waals surface area contributed by atoms with Crippen LogP contribution in [0.1, 0.15) is 27.7 Å². The van der Waals surface area contributed by atoms with Gasteiger partial charge < -0.3 is 18.4 Å². The highest BCUT2D eigenvalue weighted by atomic mass is 16.5. The topological polar surface area (TPSA) is 24.5 Å². The van der Waals surface area contributed by atoms with Gasteiger partial charge in [0.05, 0.1) is 0 Å². The highest BCUT2D eigenvalue weighted by molar-refractivity contribution is 7.31. The van der Waals surface area contributed by atoms with Gasteiger partial charge >= 0.3 is 12.6 Å². The molecular formula is C29H34B2N2O2. The molecule has 3 aliphatic heterocycles. The zero-order chi connectivity index (χ0) is 24.5. The predicted molar refractivity (Wildman–Crippen MR) is 146 cm³/mol. The zero-order valence-corrected chi connectivity index (χ0v) is 21.4. The fourth-order valence-electron chi connectivity index (χ4n) is 7.22. The summed E-state index contributed by atoms with van der Waals surface area (Å²) < 4.78 is 18.8. The molecule has 3 aromatic rings. The van der Waals surface area contributed by atoms with Crippen molar-refractivity contribution in [3.63, 3.8) is 0 Å². The van der Waals surface area contributed by atoms with Crippen molar-refractivity contribution in [3.05, 3.63) is 91.0 Å². The van der Waals surface area contributed by atoms with E-state index in [1.54, 1.807) is 0 Å². The number of rotatable bonds is 3. The van der Waals surface area contributed by atoms with Crippen LogP contribution in [0, 0.1) is 0 Å². The molecule has 0 amide bonds. The molecule has 0 aliphatic carbocycles. The van der Waals surface area contributed by atoms with E-state index >= 15 is 0 Å². The van der Waals surface area contributed by atoms with Crippen LogP contribution in [0.3, 0.4) is 0 Å². The summed E-state index contributed by atoms with van der Waals surface area (Å²) in [4.78, 5) is 0. The first-order valence-corrected chi connectivity index (χ1v) is 12.9. The molecule has 0 bridgehead atoms. The Hall–Kier alpha value is -3.27. The average Bonchev–Trinajstić information content (AvgIpc) is 3.38. The third-order valence-electron chi connectivity index (χ3n) is 8.66. The van der Waals surface area contributed by atoms with Crippen molar-refractivity contribution in [2.45, 2.75) is 45.6 Å². The first-order chi connectivity index (χ1) is 16.7. The van der Waals surface area contributed by atoms with E-state index in [0.29, 0.717) is 13.2 Å². The SMILES string of the molecule is C[B-]1(c2ccccc2)C2=[N+]([B-](c3ccccc3)(c3ccccc3)[N+]3=C1OCC3(C)C)C(C)(C)CO2. The molecule has 0 atom stereocenters. The predicted octanol–water partition coefficient (Wildman–Crippen LogP) is 2.76. The van der Waals surface area contributed by atoms with Gasteiger partial charge in [0.2, 0.25) is 0 Å². The number of nitrogens with zero attached hydrogens (tertiary/aromatic N) is 2. The maximum Gasteiger partial charge on any atom is 0.592 e. The largest absolute Gasteiger partial charge is 0.592 e. The monoisotopic (exact) mass is 464 g/mol. The minimum absolute atomic E-state index is 0.219. The number of ether oxygens (including phenoxy) is 2. The molecule has 6 heteroatoms. The Balaban J connectivity index is 1.83. The lowest BCUT2D eigenvalue weighted by Crippen LogP contribution is -2.85. The molecule has 0 saturated heterocycles. The van der Waals surface area contributed by atoms with Crippen LogP contribution in [0.25, 0.3) is 0 Å². The first-order valence-electron chi connectivity index (χ1n) is 12.9. The van der Waals surface area contributed by atoms with Crippen molar-refractivity contribution in [3.8, 4) is 0 Å². The van der Waals surface area contributed by atoms with Gasteiger partial charge in [-0.2, -0.15) is 12.3 Å². The van der Waals surface area contributed by atoms with Crippen LogP contribution in [-0.4, -0.2) is 57.4 Å². The number of hydrogen-bond donors (Lipinski definition) is 0. The molecule has 0 fully saturated rings. The third kappa shape index (κ3) is 2.83. The van der Waals surface area contributed by atoms with E-state index in [1.165, 1.54) is 16.4 Å². The summed E-state index contributed by atoms with van der Waals surface area (Å²) in [7, 11) is 0. The average molecular weight is 464 g/mol. The van der Waals surface area contributed by atoms with Crippen LogP contribution in [0.5, 0.6) is 0 Å². The van der Waals surface area contributed by atoms with Crippen molar-refractivity contribution in [2.24, 2.45) is 0 Å². The molecule has 3 aliphatic rings. The second-order valence-electron chi connectivity index (χ2n) is 11.9. The summed E-state index contributed by atoms with van der Waals surface area (Å²) in [6.07, 6.45) is -3.06. The smallest absolute Gasteiger partial charge is 0.478 e. The molecule has 178 valence electrons. The molecule has 35 heavy (non-hydrogen) atoms. The number of benzene rings is 3. The standard InChI is InChI=1S/C29H34B2N2O2/c1-28(2)21-34-26-30(5,23-15-9-6-10-16-23)27-33(29(3,4)22-35-27)31(32(26)28,24-17-11-7-12-18-24)25-19-13-8-14-20-25/h6-20H,21-22H2,1-5H3. The van der Waals surface area contributed by atoms with Crippen molar-refractivity contribution in [2.75, 3.05) is 13.2 Å². The van der Waals surface area contributed by atoms with E-state index < -0.39 is 12.6 Å². The molecule has 6 rings (SSSR count). The third-order valence-corrected chi connectivity index (χ3v) is 8.66. The van der Waals surface area contributed by atoms with Gasteiger partial charge in [-0.3, -0.25) is 0 Å². The minimum atomic E-state index is -1.62. The first kappa shape index (κ1) is 22.2. The Bertz CT molecular complexity index is 1270. The van der Waals surface area contributed by atoms with Crippen molar-refractivity contribution in [1.29, 1.82) is 0 Å². The Kier molecular flexibility index (Phi) is 4.67. The summed E-state index contributed by atoms with van der Waals surface area (Å²) in [6, 6.07) is 32.7. The normalized spacial score (nSPS) is 22.8. The van der Waals surface area contributed by atoms with Crippen LogP contribution >= 0.6 is 0 Å².